The summed E-state index contributed by atoms with van der Waals surface area (Å²) < 4.78 is 5.43. The van der Waals surface area contributed by atoms with Crippen LogP contribution < -0.4 is 4.74 Å². The molecule has 0 aliphatic heterocycles. The maximum atomic E-state index is 10.7. The van der Waals surface area contributed by atoms with Gasteiger partial charge in [0.1, 0.15) is 11.9 Å². The summed E-state index contributed by atoms with van der Waals surface area (Å²) in [5.41, 5.74) is 5.57. The Kier molecular flexibility index (Phi) is 4.09. The topological polar surface area (TPSA) is 42.4 Å². The van der Waals surface area contributed by atoms with E-state index in [9.17, 15) is 5.11 Å². The summed E-state index contributed by atoms with van der Waals surface area (Å²) in [6.07, 6.45) is -0.723. The highest BCUT2D eigenvalue weighted by atomic mass is 16.5. The molecule has 0 spiro atoms. The minimum absolute atomic E-state index is 0.718. The Bertz CT molecular complexity index is 635. The molecule has 106 valence electrons. The van der Waals surface area contributed by atoms with Gasteiger partial charge < -0.3 is 9.84 Å². The van der Waals surface area contributed by atoms with Crippen LogP contribution in [0.2, 0.25) is 0 Å². The highest BCUT2D eigenvalue weighted by Crippen LogP contribution is 2.34. The zero-order chi connectivity index (χ0) is 14.9. The number of aliphatic hydroxyl groups is 1. The first kappa shape index (κ1) is 14.5. The van der Waals surface area contributed by atoms with Gasteiger partial charge in [-0.1, -0.05) is 12.1 Å². The second-order valence-corrected chi connectivity index (χ2v) is 5.23. The van der Waals surface area contributed by atoms with E-state index < -0.39 is 6.10 Å². The Morgan fingerprint density at radius 2 is 1.80 bits per heavy atom. The van der Waals surface area contributed by atoms with Crippen LogP contribution in [0.5, 0.6) is 5.75 Å². The SMILES string of the molecule is COc1cc(C)cc(C)c1C(O)c1ccc(C)nc1C. The Morgan fingerprint density at radius 3 is 2.40 bits per heavy atom. The quantitative estimate of drug-likeness (QED) is 0.930. The molecular weight excluding hydrogens is 250 g/mol. The van der Waals surface area contributed by atoms with Crippen molar-refractivity contribution >= 4 is 0 Å². The number of aliphatic hydroxyl groups excluding tert-OH is 1. The van der Waals surface area contributed by atoms with Crippen LogP contribution in [0.15, 0.2) is 24.3 Å². The van der Waals surface area contributed by atoms with Crippen molar-refractivity contribution in [1.29, 1.82) is 0 Å². The molecule has 1 aromatic heterocycles. The lowest BCUT2D eigenvalue weighted by molar-refractivity contribution is 0.212. The van der Waals surface area contributed by atoms with Gasteiger partial charge in [0, 0.05) is 22.5 Å². The lowest BCUT2D eigenvalue weighted by Gasteiger charge is -2.20. The van der Waals surface area contributed by atoms with Crippen LogP contribution in [0.4, 0.5) is 0 Å². The van der Waals surface area contributed by atoms with Gasteiger partial charge in [-0.2, -0.15) is 0 Å². The van der Waals surface area contributed by atoms with E-state index in [1.54, 1.807) is 7.11 Å². The monoisotopic (exact) mass is 271 g/mol. The normalized spacial score (nSPS) is 12.3. The molecule has 2 aromatic rings. The van der Waals surface area contributed by atoms with Gasteiger partial charge in [0.2, 0.25) is 0 Å². The fraction of sp³-hybridized carbons (Fsp3) is 0.353. The number of rotatable bonds is 3. The first-order chi connectivity index (χ1) is 9.43. The molecule has 3 heteroatoms. The molecule has 1 heterocycles. The predicted octanol–water partition coefficient (Wildman–Crippen LogP) is 3.41. The van der Waals surface area contributed by atoms with Crippen molar-refractivity contribution in [3.8, 4) is 5.75 Å². The minimum Gasteiger partial charge on any atom is -0.496 e. The van der Waals surface area contributed by atoms with Gasteiger partial charge in [-0.15, -0.1) is 0 Å². The molecule has 0 aliphatic carbocycles. The summed E-state index contributed by atoms with van der Waals surface area (Å²) >= 11 is 0. The van der Waals surface area contributed by atoms with Crippen molar-refractivity contribution < 1.29 is 9.84 Å². The second kappa shape index (κ2) is 5.63. The third-order valence-corrected chi connectivity index (χ3v) is 3.55. The zero-order valence-corrected chi connectivity index (χ0v) is 12.7. The van der Waals surface area contributed by atoms with Crippen molar-refractivity contribution in [3.63, 3.8) is 0 Å². The Labute approximate surface area is 120 Å². The molecule has 0 fully saturated rings. The van der Waals surface area contributed by atoms with Crippen LogP contribution in [0.25, 0.3) is 0 Å². The molecule has 0 aliphatic rings. The highest BCUT2D eigenvalue weighted by molar-refractivity contribution is 5.48. The van der Waals surface area contributed by atoms with Crippen LogP contribution in [0, 0.1) is 27.7 Å². The van der Waals surface area contributed by atoms with E-state index in [4.69, 9.17) is 4.74 Å². The third kappa shape index (κ3) is 2.68. The molecule has 0 saturated carbocycles. The fourth-order valence-electron chi connectivity index (χ4n) is 2.60. The predicted molar refractivity (Wildman–Crippen MR) is 80.2 cm³/mol. The fourth-order valence-corrected chi connectivity index (χ4v) is 2.60. The summed E-state index contributed by atoms with van der Waals surface area (Å²) in [5, 5.41) is 10.7. The second-order valence-electron chi connectivity index (χ2n) is 5.23. The molecule has 0 bridgehead atoms. The maximum Gasteiger partial charge on any atom is 0.125 e. The molecule has 1 unspecified atom stereocenters. The number of nitrogens with zero attached hydrogens (tertiary/aromatic N) is 1. The third-order valence-electron chi connectivity index (χ3n) is 3.55. The van der Waals surface area contributed by atoms with Gasteiger partial charge in [0.05, 0.1) is 7.11 Å². The number of ether oxygens (including phenoxy) is 1. The highest BCUT2D eigenvalue weighted by Gasteiger charge is 2.20. The number of benzene rings is 1. The molecule has 0 saturated heterocycles. The van der Waals surface area contributed by atoms with E-state index in [2.05, 4.69) is 11.1 Å². The van der Waals surface area contributed by atoms with Crippen LogP contribution in [-0.2, 0) is 0 Å². The molecular formula is C17H21NO2. The lowest BCUT2D eigenvalue weighted by Crippen LogP contribution is -2.08. The van der Waals surface area contributed by atoms with Crippen LogP contribution in [0.3, 0.4) is 0 Å². The number of methoxy groups -OCH3 is 1. The lowest BCUT2D eigenvalue weighted by atomic mass is 9.94. The maximum absolute atomic E-state index is 10.7. The van der Waals surface area contributed by atoms with Crippen LogP contribution >= 0.6 is 0 Å². The van der Waals surface area contributed by atoms with Gasteiger partial charge in [-0.3, -0.25) is 4.98 Å². The van der Waals surface area contributed by atoms with E-state index >= 15 is 0 Å². The molecule has 1 aromatic carbocycles. The van der Waals surface area contributed by atoms with Crippen molar-refractivity contribution in [2.75, 3.05) is 7.11 Å². The van der Waals surface area contributed by atoms with Gasteiger partial charge >= 0.3 is 0 Å². The zero-order valence-electron chi connectivity index (χ0n) is 12.7. The minimum atomic E-state index is -0.723. The van der Waals surface area contributed by atoms with Crippen LogP contribution in [-0.4, -0.2) is 17.2 Å². The van der Waals surface area contributed by atoms with Gasteiger partial charge in [0.15, 0.2) is 0 Å². The standard InChI is InChI=1S/C17H21NO2/c1-10-8-11(2)16(15(9-10)20-5)17(19)14-7-6-12(3)18-13(14)4/h6-9,17,19H,1-5H3. The van der Waals surface area contributed by atoms with Gasteiger partial charge in [-0.05, 0) is 51.0 Å². The first-order valence-corrected chi connectivity index (χ1v) is 6.71. The summed E-state index contributed by atoms with van der Waals surface area (Å²) in [5.74, 6) is 0.718. The molecule has 0 radical (unpaired) electrons. The van der Waals surface area contributed by atoms with Crippen molar-refractivity contribution in [3.05, 3.63) is 57.9 Å². The Balaban J connectivity index is 2.55. The Morgan fingerprint density at radius 1 is 1.10 bits per heavy atom. The van der Waals surface area contributed by atoms with E-state index in [0.29, 0.717) is 0 Å². The van der Waals surface area contributed by atoms with Crippen LogP contribution in [0.1, 0.15) is 39.7 Å². The summed E-state index contributed by atoms with van der Waals surface area (Å²) in [4.78, 5) is 4.42. The molecule has 20 heavy (non-hydrogen) atoms. The summed E-state index contributed by atoms with van der Waals surface area (Å²) in [7, 11) is 1.63. The molecule has 3 nitrogen and oxygen atoms in total. The number of hydrogen-bond acceptors (Lipinski definition) is 3. The molecule has 2 rings (SSSR count). The van der Waals surface area contributed by atoms with E-state index in [1.165, 1.54) is 0 Å². The first-order valence-electron chi connectivity index (χ1n) is 6.71. The van der Waals surface area contributed by atoms with E-state index in [-0.39, 0.29) is 0 Å². The van der Waals surface area contributed by atoms with Gasteiger partial charge in [-0.25, -0.2) is 0 Å². The molecule has 1 atom stereocenters. The molecule has 1 N–H and O–H groups in total. The summed E-state index contributed by atoms with van der Waals surface area (Å²) in [6.45, 7) is 7.87. The average Bonchev–Trinajstić information content (AvgIpc) is 2.37. The molecule has 0 amide bonds. The van der Waals surface area contributed by atoms with E-state index in [0.717, 1.165) is 39.4 Å². The van der Waals surface area contributed by atoms with Gasteiger partial charge in [0.25, 0.3) is 0 Å². The van der Waals surface area contributed by atoms with Crippen molar-refractivity contribution in [1.82, 2.24) is 4.98 Å². The van der Waals surface area contributed by atoms with Crippen molar-refractivity contribution in [2.24, 2.45) is 0 Å². The Hall–Kier alpha value is -1.87. The number of aryl methyl sites for hydroxylation is 4. The number of pyridine rings is 1. The largest absolute Gasteiger partial charge is 0.496 e. The van der Waals surface area contributed by atoms with E-state index in [1.807, 2.05) is 45.9 Å². The number of aromatic nitrogens is 1. The number of hydrogen-bond donors (Lipinski definition) is 1. The smallest absolute Gasteiger partial charge is 0.125 e. The average molecular weight is 271 g/mol. The summed E-state index contributed by atoms with van der Waals surface area (Å²) in [6, 6.07) is 7.85. The van der Waals surface area contributed by atoms with Crippen molar-refractivity contribution in [2.45, 2.75) is 33.8 Å².